The molecule has 2 aliphatic carbocycles. The average molecular weight is 367 g/mol. The molecular formula is C22H38O4. The lowest BCUT2D eigenvalue weighted by Crippen LogP contribution is -2.31. The minimum Gasteiger partial charge on any atom is -0.481 e. The molecule has 0 unspecified atom stereocenters. The van der Waals surface area contributed by atoms with Crippen molar-refractivity contribution in [2.45, 2.75) is 116 Å². The van der Waals surface area contributed by atoms with Crippen LogP contribution < -0.4 is 0 Å². The highest BCUT2D eigenvalue weighted by molar-refractivity contribution is 5.77. The van der Waals surface area contributed by atoms with Gasteiger partial charge in [-0.25, -0.2) is 0 Å². The fourth-order valence-electron chi connectivity index (χ4n) is 4.61. The third-order valence-electron chi connectivity index (χ3n) is 6.86. The van der Waals surface area contributed by atoms with Crippen molar-refractivity contribution in [1.29, 1.82) is 0 Å². The van der Waals surface area contributed by atoms with Crippen LogP contribution in [0.3, 0.4) is 0 Å². The maximum atomic E-state index is 11.1. The molecule has 2 N–H and O–H groups in total. The maximum Gasteiger partial charge on any atom is 0.309 e. The highest BCUT2D eigenvalue weighted by atomic mass is 16.4. The van der Waals surface area contributed by atoms with E-state index in [4.69, 9.17) is 10.2 Å². The monoisotopic (exact) mass is 366 g/mol. The molecule has 4 heteroatoms. The normalized spacial score (nSPS) is 19.7. The first kappa shape index (κ1) is 21.2. The summed E-state index contributed by atoms with van der Waals surface area (Å²) in [6, 6.07) is 0. The zero-order valence-corrected chi connectivity index (χ0v) is 16.4. The average Bonchev–Trinajstić information content (AvgIpc) is 3.34. The number of carboxylic acids is 2. The predicted octanol–water partition coefficient (Wildman–Crippen LogP) is 6.18. The number of rotatable bonds is 16. The van der Waals surface area contributed by atoms with Crippen molar-refractivity contribution in [3.63, 3.8) is 0 Å². The van der Waals surface area contributed by atoms with Gasteiger partial charge in [-0.05, 0) is 43.9 Å². The molecule has 0 saturated heterocycles. The van der Waals surface area contributed by atoms with E-state index >= 15 is 0 Å². The molecule has 4 nitrogen and oxygen atoms in total. The molecule has 26 heavy (non-hydrogen) atoms. The van der Waals surface area contributed by atoms with Crippen molar-refractivity contribution in [3.8, 4) is 0 Å². The molecule has 0 radical (unpaired) electrons. The highest BCUT2D eigenvalue weighted by Crippen LogP contribution is 2.50. The van der Waals surface area contributed by atoms with E-state index in [0.717, 1.165) is 44.9 Å². The van der Waals surface area contributed by atoms with Crippen LogP contribution in [0, 0.1) is 10.8 Å². The second-order valence-electron chi connectivity index (χ2n) is 9.05. The minimum absolute atomic E-state index is 0.144. The first-order valence-electron chi connectivity index (χ1n) is 10.9. The Morgan fingerprint density at radius 1 is 0.654 bits per heavy atom. The van der Waals surface area contributed by atoms with Gasteiger partial charge in [0.15, 0.2) is 0 Å². The third-order valence-corrected chi connectivity index (χ3v) is 6.86. The molecule has 0 aromatic heterocycles. The molecule has 150 valence electrons. The van der Waals surface area contributed by atoms with Crippen molar-refractivity contribution >= 4 is 11.9 Å². The van der Waals surface area contributed by atoms with Crippen LogP contribution >= 0.6 is 0 Å². The van der Waals surface area contributed by atoms with Crippen molar-refractivity contribution in [2.24, 2.45) is 10.8 Å². The van der Waals surface area contributed by atoms with Crippen LogP contribution in [0.5, 0.6) is 0 Å². The number of unbranched alkanes of at least 4 members (excludes halogenated alkanes) is 9. The second-order valence-corrected chi connectivity index (χ2v) is 9.05. The van der Waals surface area contributed by atoms with Gasteiger partial charge < -0.3 is 10.2 Å². The van der Waals surface area contributed by atoms with Gasteiger partial charge in [0.05, 0.1) is 11.8 Å². The first-order chi connectivity index (χ1) is 12.5. The summed E-state index contributed by atoms with van der Waals surface area (Å²) >= 11 is 0. The highest BCUT2D eigenvalue weighted by Gasteiger charge is 2.49. The quantitative estimate of drug-likeness (QED) is 0.320. The minimum atomic E-state index is -0.625. The van der Waals surface area contributed by atoms with Gasteiger partial charge in [-0.15, -0.1) is 0 Å². The van der Waals surface area contributed by atoms with Gasteiger partial charge in [-0.3, -0.25) is 9.59 Å². The van der Waals surface area contributed by atoms with E-state index in [1.165, 1.54) is 64.2 Å². The van der Waals surface area contributed by atoms with E-state index in [-0.39, 0.29) is 10.8 Å². The van der Waals surface area contributed by atoms with Crippen molar-refractivity contribution < 1.29 is 19.8 Å². The summed E-state index contributed by atoms with van der Waals surface area (Å²) in [6.07, 6.45) is 20.0. The number of aliphatic carboxylic acids is 2. The molecule has 0 atom stereocenters. The summed E-state index contributed by atoms with van der Waals surface area (Å²) < 4.78 is 0. The summed E-state index contributed by atoms with van der Waals surface area (Å²) in [6.45, 7) is 0. The van der Waals surface area contributed by atoms with Crippen molar-refractivity contribution in [1.82, 2.24) is 0 Å². The summed E-state index contributed by atoms with van der Waals surface area (Å²) in [5.41, 5.74) is -0.186. The number of hydrogen-bond donors (Lipinski definition) is 2. The summed E-state index contributed by atoms with van der Waals surface area (Å²) in [7, 11) is 0. The summed E-state index contributed by atoms with van der Waals surface area (Å²) in [4.78, 5) is 22.1. The largest absolute Gasteiger partial charge is 0.481 e. The Labute approximate surface area is 158 Å². The molecule has 2 fully saturated rings. The summed E-state index contributed by atoms with van der Waals surface area (Å²) in [5, 5.41) is 18.2. The molecule has 0 spiro atoms. The molecule has 0 aromatic carbocycles. The molecule has 0 bridgehead atoms. The lowest BCUT2D eigenvalue weighted by Gasteiger charge is -2.41. The summed E-state index contributed by atoms with van der Waals surface area (Å²) in [5.74, 6) is -1.20. The molecule has 0 aromatic rings. The van der Waals surface area contributed by atoms with Crippen LogP contribution in [-0.4, -0.2) is 22.2 Å². The van der Waals surface area contributed by atoms with Crippen LogP contribution in [-0.2, 0) is 9.59 Å². The molecule has 2 aliphatic rings. The van der Waals surface area contributed by atoms with Gasteiger partial charge in [-0.2, -0.15) is 0 Å². The standard InChI is InChI=1S/C22H38O4/c23-19(24)18-21(13-11-14-21)12-9-7-5-3-1-2-4-6-8-10-15-22(16-17-22)20(25)26/h1-18H2,(H,23,24)(H,25,26). The van der Waals surface area contributed by atoms with E-state index in [2.05, 4.69) is 0 Å². The number of hydrogen-bond acceptors (Lipinski definition) is 2. The fraction of sp³-hybridized carbons (Fsp3) is 0.909. The topological polar surface area (TPSA) is 74.6 Å². The third kappa shape index (κ3) is 6.92. The first-order valence-corrected chi connectivity index (χ1v) is 10.9. The van der Waals surface area contributed by atoms with Crippen molar-refractivity contribution in [3.05, 3.63) is 0 Å². The van der Waals surface area contributed by atoms with Gasteiger partial charge in [0.25, 0.3) is 0 Å². The van der Waals surface area contributed by atoms with Gasteiger partial charge in [0.2, 0.25) is 0 Å². The Kier molecular flexibility index (Phi) is 8.43. The fourth-order valence-corrected chi connectivity index (χ4v) is 4.61. The zero-order valence-electron chi connectivity index (χ0n) is 16.4. The predicted molar refractivity (Wildman–Crippen MR) is 103 cm³/mol. The van der Waals surface area contributed by atoms with Crippen LogP contribution in [0.25, 0.3) is 0 Å². The number of carbonyl (C=O) groups is 2. The van der Waals surface area contributed by atoms with Crippen molar-refractivity contribution in [2.75, 3.05) is 0 Å². The Morgan fingerprint density at radius 2 is 1.12 bits per heavy atom. The van der Waals surface area contributed by atoms with E-state index < -0.39 is 11.9 Å². The molecule has 2 rings (SSSR count). The van der Waals surface area contributed by atoms with Crippen LogP contribution in [0.2, 0.25) is 0 Å². The lowest BCUT2D eigenvalue weighted by molar-refractivity contribution is -0.144. The number of carboxylic acid groups (broad SMARTS) is 2. The Balaban J connectivity index is 1.34. The van der Waals surface area contributed by atoms with Crippen LogP contribution in [0.1, 0.15) is 116 Å². The lowest BCUT2D eigenvalue weighted by atomic mass is 9.64. The van der Waals surface area contributed by atoms with Gasteiger partial charge in [-0.1, -0.05) is 70.6 Å². The Morgan fingerprint density at radius 3 is 1.46 bits per heavy atom. The van der Waals surface area contributed by atoms with Gasteiger partial charge in [0.1, 0.15) is 0 Å². The Bertz CT molecular complexity index is 449. The van der Waals surface area contributed by atoms with Crippen LogP contribution in [0.4, 0.5) is 0 Å². The molecule has 0 amide bonds. The van der Waals surface area contributed by atoms with E-state index in [1.54, 1.807) is 0 Å². The molecular weight excluding hydrogens is 328 g/mol. The van der Waals surface area contributed by atoms with E-state index in [0.29, 0.717) is 6.42 Å². The van der Waals surface area contributed by atoms with Gasteiger partial charge in [0, 0.05) is 0 Å². The van der Waals surface area contributed by atoms with Crippen LogP contribution in [0.15, 0.2) is 0 Å². The molecule has 0 aliphatic heterocycles. The molecule has 2 saturated carbocycles. The smallest absolute Gasteiger partial charge is 0.309 e. The maximum absolute atomic E-state index is 11.1. The van der Waals surface area contributed by atoms with Gasteiger partial charge >= 0.3 is 11.9 Å². The van der Waals surface area contributed by atoms with E-state index in [1.807, 2.05) is 0 Å². The second kappa shape index (κ2) is 10.3. The SMILES string of the molecule is O=C(O)CC1(CCCCCCCCCCCCC2(C(=O)O)CC2)CCC1. The molecule has 0 heterocycles. The van der Waals surface area contributed by atoms with E-state index in [9.17, 15) is 9.59 Å². The Hall–Kier alpha value is -1.06. The zero-order chi connectivity index (χ0) is 18.9.